The largest absolute Gasteiger partial charge is 0.497 e. The third-order valence-corrected chi connectivity index (χ3v) is 4.44. The monoisotopic (exact) mass is 330 g/mol. The van der Waals surface area contributed by atoms with E-state index in [4.69, 9.17) is 9.47 Å². The molecule has 1 atom stereocenters. The first-order valence-corrected chi connectivity index (χ1v) is 8.03. The molecule has 7 heteroatoms. The molecule has 0 radical (unpaired) electrons. The summed E-state index contributed by atoms with van der Waals surface area (Å²) >= 11 is 0. The number of benzene rings is 1. The third kappa shape index (κ3) is 3.50. The average molecular weight is 330 g/mol. The van der Waals surface area contributed by atoms with Gasteiger partial charge < -0.3 is 14.4 Å². The van der Waals surface area contributed by atoms with Crippen LogP contribution in [-0.4, -0.2) is 52.9 Å². The average Bonchev–Trinajstić information content (AvgIpc) is 3.30. The van der Waals surface area contributed by atoms with Crippen LogP contribution >= 0.6 is 0 Å². The number of rotatable bonds is 6. The van der Waals surface area contributed by atoms with Gasteiger partial charge in [0.2, 0.25) is 5.91 Å². The van der Waals surface area contributed by atoms with E-state index in [2.05, 4.69) is 10.1 Å². The summed E-state index contributed by atoms with van der Waals surface area (Å²) in [7, 11) is 3.32. The highest BCUT2D eigenvalue weighted by Gasteiger charge is 2.29. The van der Waals surface area contributed by atoms with E-state index in [-0.39, 0.29) is 11.8 Å². The summed E-state index contributed by atoms with van der Waals surface area (Å²) in [6, 6.07) is 5.81. The molecule has 1 saturated heterocycles. The van der Waals surface area contributed by atoms with Gasteiger partial charge in [0, 0.05) is 31.0 Å². The minimum Gasteiger partial charge on any atom is -0.497 e. The summed E-state index contributed by atoms with van der Waals surface area (Å²) in [5.74, 6) is 2.07. The fourth-order valence-corrected chi connectivity index (χ4v) is 3.12. The van der Waals surface area contributed by atoms with Gasteiger partial charge in [-0.15, -0.1) is 0 Å². The van der Waals surface area contributed by atoms with Crippen LogP contribution in [0.5, 0.6) is 11.5 Å². The lowest BCUT2D eigenvalue weighted by Crippen LogP contribution is -2.29. The Kier molecular flexibility index (Phi) is 4.98. The number of carbonyl (C=O) groups is 1. The zero-order chi connectivity index (χ0) is 16.9. The molecule has 3 rings (SSSR count). The normalized spacial score (nSPS) is 17.1. The molecule has 0 N–H and O–H groups in total. The van der Waals surface area contributed by atoms with Crippen LogP contribution < -0.4 is 9.47 Å². The van der Waals surface area contributed by atoms with E-state index in [0.717, 1.165) is 30.0 Å². The molecule has 0 saturated carbocycles. The molecule has 0 aliphatic carbocycles. The Balaban J connectivity index is 1.63. The van der Waals surface area contributed by atoms with Gasteiger partial charge >= 0.3 is 0 Å². The summed E-state index contributed by atoms with van der Waals surface area (Å²) in [6.45, 7) is 2.03. The molecule has 1 aromatic carbocycles. The molecule has 1 aliphatic heterocycles. The second-order valence-electron chi connectivity index (χ2n) is 5.84. The van der Waals surface area contributed by atoms with Crippen LogP contribution in [0.15, 0.2) is 30.9 Å². The summed E-state index contributed by atoms with van der Waals surface area (Å²) in [6.07, 6.45) is 4.47. The molecule has 0 bridgehead atoms. The van der Waals surface area contributed by atoms with Crippen molar-refractivity contribution < 1.29 is 14.3 Å². The fourth-order valence-electron chi connectivity index (χ4n) is 3.12. The summed E-state index contributed by atoms with van der Waals surface area (Å²) in [5.41, 5.74) is 1.10. The van der Waals surface area contributed by atoms with Crippen LogP contribution in [-0.2, 0) is 11.3 Å². The molecule has 2 heterocycles. The Morgan fingerprint density at radius 1 is 1.33 bits per heavy atom. The van der Waals surface area contributed by atoms with Gasteiger partial charge in [-0.05, 0) is 24.6 Å². The van der Waals surface area contributed by atoms with Gasteiger partial charge in [-0.2, -0.15) is 5.10 Å². The second-order valence-corrected chi connectivity index (χ2v) is 5.84. The molecule has 1 fully saturated rings. The van der Waals surface area contributed by atoms with Crippen molar-refractivity contribution in [2.75, 3.05) is 27.3 Å². The zero-order valence-corrected chi connectivity index (χ0v) is 14.0. The topological polar surface area (TPSA) is 69.5 Å². The first-order chi connectivity index (χ1) is 11.7. The maximum Gasteiger partial charge on any atom is 0.224 e. The highest BCUT2D eigenvalue weighted by Crippen LogP contribution is 2.36. The number of hydrogen-bond acceptors (Lipinski definition) is 5. The summed E-state index contributed by atoms with van der Waals surface area (Å²) in [5, 5.41) is 4.02. The maximum absolute atomic E-state index is 12.4. The number of carbonyl (C=O) groups excluding carboxylic acids is 1. The number of nitrogens with zero attached hydrogens (tertiary/aromatic N) is 4. The molecule has 1 aliphatic rings. The van der Waals surface area contributed by atoms with Crippen molar-refractivity contribution in [3.63, 3.8) is 0 Å². The van der Waals surface area contributed by atoms with Gasteiger partial charge in [-0.25, -0.2) is 4.98 Å². The lowest BCUT2D eigenvalue weighted by atomic mass is 9.97. The quantitative estimate of drug-likeness (QED) is 0.806. The molecule has 24 heavy (non-hydrogen) atoms. The molecule has 1 unspecified atom stereocenters. The molecule has 1 aromatic heterocycles. The highest BCUT2D eigenvalue weighted by molar-refractivity contribution is 5.76. The minimum atomic E-state index is 0.148. The summed E-state index contributed by atoms with van der Waals surface area (Å²) < 4.78 is 12.5. The van der Waals surface area contributed by atoms with Crippen LogP contribution in [0.3, 0.4) is 0 Å². The Morgan fingerprint density at radius 2 is 2.21 bits per heavy atom. The Labute approximate surface area is 141 Å². The lowest BCUT2D eigenvalue weighted by Gasteiger charge is -2.18. The Morgan fingerprint density at radius 3 is 2.92 bits per heavy atom. The number of aryl methyl sites for hydroxylation is 1. The Bertz CT molecular complexity index is 687. The number of amides is 1. The molecule has 1 amide bonds. The first kappa shape index (κ1) is 16.3. The molecule has 0 spiro atoms. The number of likely N-dealkylation sites (tertiary alicyclic amines) is 1. The van der Waals surface area contributed by atoms with E-state index >= 15 is 0 Å². The molecule has 7 nitrogen and oxygen atoms in total. The number of aromatic nitrogens is 3. The highest BCUT2D eigenvalue weighted by atomic mass is 16.5. The van der Waals surface area contributed by atoms with Gasteiger partial charge in [0.25, 0.3) is 0 Å². The minimum absolute atomic E-state index is 0.148. The van der Waals surface area contributed by atoms with E-state index in [1.807, 2.05) is 23.1 Å². The fraction of sp³-hybridized carbons (Fsp3) is 0.471. The van der Waals surface area contributed by atoms with E-state index in [1.54, 1.807) is 25.2 Å². The van der Waals surface area contributed by atoms with Gasteiger partial charge in [-0.3, -0.25) is 9.48 Å². The standard InChI is InChI=1S/C17H22N4O3/c1-23-14-3-4-16(24-2)15(9-14)13-5-7-20(10-13)17(22)6-8-21-12-18-11-19-21/h3-4,9,11-13H,5-8,10H2,1-2H3. The Hall–Kier alpha value is -2.57. The number of methoxy groups -OCH3 is 2. The van der Waals surface area contributed by atoms with E-state index in [0.29, 0.717) is 19.5 Å². The molecule has 2 aromatic rings. The van der Waals surface area contributed by atoms with Gasteiger partial charge in [-0.1, -0.05) is 0 Å². The SMILES string of the molecule is COc1ccc(OC)c(C2CCN(C(=O)CCn3cncn3)C2)c1. The van der Waals surface area contributed by atoms with Gasteiger partial charge in [0.15, 0.2) is 0 Å². The number of ether oxygens (including phenoxy) is 2. The van der Waals surface area contributed by atoms with E-state index in [1.165, 1.54) is 6.33 Å². The molecular formula is C17H22N4O3. The molecule has 128 valence electrons. The lowest BCUT2D eigenvalue weighted by molar-refractivity contribution is -0.130. The first-order valence-electron chi connectivity index (χ1n) is 8.03. The van der Waals surface area contributed by atoms with Crippen molar-refractivity contribution in [3.05, 3.63) is 36.4 Å². The zero-order valence-electron chi connectivity index (χ0n) is 14.0. The van der Waals surface area contributed by atoms with Crippen molar-refractivity contribution in [1.29, 1.82) is 0 Å². The molecular weight excluding hydrogens is 308 g/mol. The van der Waals surface area contributed by atoms with Crippen LogP contribution in [0.4, 0.5) is 0 Å². The maximum atomic E-state index is 12.4. The van der Waals surface area contributed by atoms with Crippen LogP contribution in [0.25, 0.3) is 0 Å². The van der Waals surface area contributed by atoms with Crippen molar-refractivity contribution in [1.82, 2.24) is 19.7 Å². The van der Waals surface area contributed by atoms with Crippen molar-refractivity contribution >= 4 is 5.91 Å². The van der Waals surface area contributed by atoms with Crippen molar-refractivity contribution in [2.45, 2.75) is 25.3 Å². The van der Waals surface area contributed by atoms with Crippen molar-refractivity contribution in [3.8, 4) is 11.5 Å². The van der Waals surface area contributed by atoms with Crippen LogP contribution in [0.1, 0.15) is 24.3 Å². The predicted molar refractivity (Wildman–Crippen MR) is 88.1 cm³/mol. The third-order valence-electron chi connectivity index (χ3n) is 4.44. The predicted octanol–water partition coefficient (Wildman–Crippen LogP) is 1.70. The number of hydrogen-bond donors (Lipinski definition) is 0. The second kappa shape index (κ2) is 7.33. The van der Waals surface area contributed by atoms with Crippen molar-refractivity contribution in [2.24, 2.45) is 0 Å². The smallest absolute Gasteiger partial charge is 0.224 e. The van der Waals surface area contributed by atoms with Crippen LogP contribution in [0, 0.1) is 0 Å². The van der Waals surface area contributed by atoms with Gasteiger partial charge in [0.05, 0.1) is 20.8 Å². The van der Waals surface area contributed by atoms with Gasteiger partial charge in [0.1, 0.15) is 24.2 Å². The summed E-state index contributed by atoms with van der Waals surface area (Å²) in [4.78, 5) is 18.2. The van der Waals surface area contributed by atoms with Crippen LogP contribution in [0.2, 0.25) is 0 Å². The van der Waals surface area contributed by atoms with E-state index < -0.39 is 0 Å². The van der Waals surface area contributed by atoms with E-state index in [9.17, 15) is 4.79 Å².